The largest absolute Gasteiger partial charge is 0.481 e. The van der Waals surface area contributed by atoms with Gasteiger partial charge >= 0.3 is 5.97 Å². The van der Waals surface area contributed by atoms with Gasteiger partial charge in [0, 0.05) is 11.1 Å². The van der Waals surface area contributed by atoms with Crippen LogP contribution in [0.4, 0.5) is 4.39 Å². The number of carbonyl (C=O) groups is 2. The highest BCUT2D eigenvalue weighted by molar-refractivity contribution is 8.04. The molecule has 0 heterocycles. The number of carbonyl (C=O) groups excluding carboxylic acids is 1. The summed E-state index contributed by atoms with van der Waals surface area (Å²) < 4.78 is 43.4. The number of thioether (sulfide) groups is 1. The number of aliphatic carboxylic acids is 1. The number of hydrogen-bond donors (Lipinski definition) is 1. The molecule has 0 amide bonds. The standard InChI is InChI=1S/C24H16FNO5S2/c25-17-5-3-4-16(12-17)15-8-10-18(11-9-15)33(30,31)26-21-13-22(32-14-23(27)28)24(29)20-7-2-1-6-19(20)21/h1-13H,14H2,(H,27,28)/b26-21+. The summed E-state index contributed by atoms with van der Waals surface area (Å²) in [5.41, 5.74) is 1.90. The molecule has 3 aromatic carbocycles. The number of allylic oxidation sites excluding steroid dienone is 2. The van der Waals surface area contributed by atoms with Gasteiger partial charge in [-0.1, -0.05) is 48.5 Å². The number of benzene rings is 3. The number of fused-ring (bicyclic) bond motifs is 1. The predicted octanol–water partition coefficient (Wildman–Crippen LogP) is 4.57. The van der Waals surface area contributed by atoms with Crippen molar-refractivity contribution in [3.8, 4) is 11.1 Å². The molecule has 0 unspecified atom stereocenters. The van der Waals surface area contributed by atoms with Gasteiger partial charge in [0.2, 0.25) is 0 Å². The SMILES string of the molecule is O=C(O)CSC1=C/C(=N\S(=O)(=O)c2ccc(-c3cccc(F)c3)cc2)c2ccccc2C1=O. The number of carboxylic acid groups (broad SMARTS) is 1. The molecule has 0 fully saturated rings. The second-order valence-electron chi connectivity index (χ2n) is 7.05. The monoisotopic (exact) mass is 481 g/mol. The van der Waals surface area contributed by atoms with Gasteiger partial charge < -0.3 is 5.11 Å². The number of carboxylic acids is 1. The van der Waals surface area contributed by atoms with Crippen LogP contribution < -0.4 is 0 Å². The first kappa shape index (κ1) is 22.6. The zero-order valence-corrected chi connectivity index (χ0v) is 18.6. The fourth-order valence-electron chi connectivity index (χ4n) is 3.30. The topological polar surface area (TPSA) is 101 Å². The second-order valence-corrected chi connectivity index (χ2v) is 9.67. The van der Waals surface area contributed by atoms with Crippen molar-refractivity contribution in [2.75, 3.05) is 5.75 Å². The van der Waals surface area contributed by atoms with Crippen molar-refractivity contribution in [1.82, 2.24) is 0 Å². The van der Waals surface area contributed by atoms with E-state index in [4.69, 9.17) is 5.11 Å². The molecule has 9 heteroatoms. The lowest BCUT2D eigenvalue weighted by molar-refractivity contribution is -0.133. The summed E-state index contributed by atoms with van der Waals surface area (Å²) in [5.74, 6) is -2.23. The van der Waals surface area contributed by atoms with Crippen LogP contribution in [0.5, 0.6) is 0 Å². The van der Waals surface area contributed by atoms with Gasteiger partial charge in [0.1, 0.15) is 5.82 Å². The van der Waals surface area contributed by atoms with E-state index in [1.165, 1.54) is 30.3 Å². The smallest absolute Gasteiger partial charge is 0.313 e. The van der Waals surface area contributed by atoms with Gasteiger partial charge in [0.25, 0.3) is 10.0 Å². The third kappa shape index (κ3) is 4.94. The van der Waals surface area contributed by atoms with Gasteiger partial charge in [-0.3, -0.25) is 9.59 Å². The van der Waals surface area contributed by atoms with E-state index in [9.17, 15) is 22.4 Å². The summed E-state index contributed by atoms with van der Waals surface area (Å²) in [6, 6.07) is 18.2. The van der Waals surface area contributed by atoms with E-state index < -0.39 is 21.8 Å². The number of nitrogens with zero attached hydrogens (tertiary/aromatic N) is 1. The van der Waals surface area contributed by atoms with Gasteiger partial charge in [-0.05, 0) is 41.5 Å². The van der Waals surface area contributed by atoms with Crippen LogP contribution in [0.1, 0.15) is 15.9 Å². The third-order valence-corrected chi connectivity index (χ3v) is 7.13. The molecule has 4 rings (SSSR count). The number of ketones is 1. The highest BCUT2D eigenvalue weighted by atomic mass is 32.2. The Morgan fingerprint density at radius 2 is 1.64 bits per heavy atom. The Kier molecular flexibility index (Phi) is 6.26. The van der Waals surface area contributed by atoms with Crippen molar-refractivity contribution in [3.63, 3.8) is 0 Å². The Morgan fingerprint density at radius 3 is 2.30 bits per heavy atom. The van der Waals surface area contributed by atoms with Gasteiger partial charge in [0.05, 0.1) is 21.3 Å². The molecule has 0 aliphatic heterocycles. The maximum Gasteiger partial charge on any atom is 0.313 e. The summed E-state index contributed by atoms with van der Waals surface area (Å²) >= 11 is 0.809. The highest BCUT2D eigenvalue weighted by Crippen LogP contribution is 2.30. The molecule has 0 spiro atoms. The average molecular weight is 482 g/mol. The summed E-state index contributed by atoms with van der Waals surface area (Å²) in [5, 5.41) is 8.94. The zero-order valence-electron chi connectivity index (χ0n) is 16.9. The fourth-order valence-corrected chi connectivity index (χ4v) is 5.01. The van der Waals surface area contributed by atoms with Crippen LogP contribution >= 0.6 is 11.8 Å². The molecule has 3 aromatic rings. The van der Waals surface area contributed by atoms with Crippen LogP contribution in [0, 0.1) is 5.82 Å². The van der Waals surface area contributed by atoms with Gasteiger partial charge in [0.15, 0.2) is 5.78 Å². The number of halogens is 1. The van der Waals surface area contributed by atoms with E-state index in [0.29, 0.717) is 16.7 Å². The Labute approximate surface area is 193 Å². The van der Waals surface area contributed by atoms with Crippen molar-refractivity contribution in [1.29, 1.82) is 0 Å². The van der Waals surface area contributed by atoms with Gasteiger partial charge in [-0.25, -0.2) is 4.39 Å². The molecule has 0 radical (unpaired) electrons. The van der Waals surface area contributed by atoms with E-state index in [0.717, 1.165) is 11.8 Å². The zero-order chi connectivity index (χ0) is 23.6. The lowest BCUT2D eigenvalue weighted by atomic mass is 9.94. The molecule has 0 saturated heterocycles. The Bertz CT molecular complexity index is 1430. The summed E-state index contributed by atoms with van der Waals surface area (Å²) in [6.07, 6.45) is 1.30. The molecular formula is C24H16FNO5S2. The average Bonchev–Trinajstić information content (AvgIpc) is 2.80. The van der Waals surface area contributed by atoms with Crippen molar-refractivity contribution in [3.05, 3.63) is 101 Å². The molecule has 0 bridgehead atoms. The summed E-state index contributed by atoms with van der Waals surface area (Å²) in [6.45, 7) is 0. The number of hydrogen-bond acceptors (Lipinski definition) is 5. The molecular weight excluding hydrogens is 465 g/mol. The lowest BCUT2D eigenvalue weighted by Gasteiger charge is -2.16. The van der Waals surface area contributed by atoms with Gasteiger partial charge in [-0.15, -0.1) is 11.8 Å². The van der Waals surface area contributed by atoms with E-state index >= 15 is 0 Å². The molecule has 1 N–H and O–H groups in total. The van der Waals surface area contributed by atoms with Crippen molar-refractivity contribution in [2.24, 2.45) is 4.40 Å². The predicted molar refractivity (Wildman–Crippen MR) is 125 cm³/mol. The molecule has 33 heavy (non-hydrogen) atoms. The molecule has 166 valence electrons. The number of Topliss-reactive ketones (excluding diaryl/α,β-unsaturated/α-hetero) is 1. The molecule has 0 atom stereocenters. The minimum absolute atomic E-state index is 0.0484. The molecule has 0 aromatic heterocycles. The molecule has 1 aliphatic rings. The first-order valence-electron chi connectivity index (χ1n) is 9.66. The van der Waals surface area contributed by atoms with Crippen LogP contribution in [-0.4, -0.2) is 36.7 Å². The Hall–Kier alpha value is -3.56. The van der Waals surface area contributed by atoms with E-state index in [-0.39, 0.29) is 32.6 Å². The first-order chi connectivity index (χ1) is 15.7. The maximum atomic E-state index is 13.5. The van der Waals surface area contributed by atoms with Crippen LogP contribution in [0.25, 0.3) is 11.1 Å². The van der Waals surface area contributed by atoms with Crippen molar-refractivity contribution < 1.29 is 27.5 Å². The number of rotatable bonds is 6. The van der Waals surface area contributed by atoms with Crippen LogP contribution in [0.3, 0.4) is 0 Å². The van der Waals surface area contributed by atoms with E-state index in [1.807, 2.05) is 0 Å². The van der Waals surface area contributed by atoms with E-state index in [1.54, 1.807) is 48.5 Å². The maximum absolute atomic E-state index is 13.5. The highest BCUT2D eigenvalue weighted by Gasteiger charge is 2.26. The minimum atomic E-state index is -4.15. The summed E-state index contributed by atoms with van der Waals surface area (Å²) in [7, 11) is -4.15. The van der Waals surface area contributed by atoms with Gasteiger partial charge in [-0.2, -0.15) is 12.8 Å². The first-order valence-corrected chi connectivity index (χ1v) is 12.1. The fraction of sp³-hybridized carbons (Fsp3) is 0.0417. The Balaban J connectivity index is 1.72. The Morgan fingerprint density at radius 1 is 0.939 bits per heavy atom. The van der Waals surface area contributed by atoms with Crippen LogP contribution in [-0.2, 0) is 14.8 Å². The van der Waals surface area contributed by atoms with E-state index in [2.05, 4.69) is 4.40 Å². The molecule has 6 nitrogen and oxygen atoms in total. The molecule has 1 aliphatic carbocycles. The number of sulfonamides is 1. The minimum Gasteiger partial charge on any atom is -0.481 e. The molecule has 0 saturated carbocycles. The summed E-state index contributed by atoms with van der Waals surface area (Å²) in [4.78, 5) is 23.7. The normalized spacial score (nSPS) is 14.6. The quantitative estimate of drug-likeness (QED) is 0.554. The van der Waals surface area contributed by atoms with Crippen LogP contribution in [0.15, 0.2) is 93.1 Å². The van der Waals surface area contributed by atoms with Crippen LogP contribution in [0.2, 0.25) is 0 Å². The lowest BCUT2D eigenvalue weighted by Crippen LogP contribution is -2.18. The van der Waals surface area contributed by atoms with Crippen molar-refractivity contribution in [2.45, 2.75) is 4.90 Å². The third-order valence-electron chi connectivity index (χ3n) is 4.82. The van der Waals surface area contributed by atoms with Crippen molar-refractivity contribution >= 4 is 39.2 Å². The second kappa shape index (κ2) is 9.13.